The van der Waals surface area contributed by atoms with Gasteiger partial charge in [-0.2, -0.15) is 5.10 Å². The van der Waals surface area contributed by atoms with E-state index < -0.39 is 0 Å². The molecule has 0 radical (unpaired) electrons. The van der Waals surface area contributed by atoms with Crippen LogP contribution in [0.2, 0.25) is 0 Å². The Hall–Kier alpha value is -2.67. The van der Waals surface area contributed by atoms with Crippen LogP contribution in [-0.4, -0.2) is 66.8 Å². The van der Waals surface area contributed by atoms with E-state index in [1.807, 2.05) is 30.1 Å². The summed E-state index contributed by atoms with van der Waals surface area (Å²) in [4.78, 5) is 20.2. The fourth-order valence-corrected chi connectivity index (χ4v) is 6.22. The van der Waals surface area contributed by atoms with E-state index >= 15 is 0 Å². The van der Waals surface area contributed by atoms with Crippen molar-refractivity contribution >= 4 is 17.9 Å². The number of aliphatic imine (C=N–C) groups is 1. The summed E-state index contributed by atoms with van der Waals surface area (Å²) in [7, 11) is 3.96. The van der Waals surface area contributed by atoms with Crippen LogP contribution in [0, 0.1) is 11.8 Å². The number of benzene rings is 1. The number of methoxy groups -OCH3 is 1. The lowest BCUT2D eigenvalue weighted by atomic mass is 9.83. The molecule has 7 nitrogen and oxygen atoms in total. The number of hydrazone groups is 1. The molecule has 4 atom stereocenters. The Bertz CT molecular complexity index is 972. The summed E-state index contributed by atoms with van der Waals surface area (Å²) < 4.78 is 10.7. The Morgan fingerprint density at radius 3 is 2.56 bits per heavy atom. The predicted molar refractivity (Wildman–Crippen MR) is 133 cm³/mol. The fourth-order valence-electron chi connectivity index (χ4n) is 6.22. The second-order valence-electron chi connectivity index (χ2n) is 10.00. The lowest BCUT2D eigenvalue weighted by molar-refractivity contribution is -0.139. The van der Waals surface area contributed by atoms with Crippen LogP contribution in [0.5, 0.6) is 5.75 Å². The van der Waals surface area contributed by atoms with Gasteiger partial charge in [-0.05, 0) is 82.2 Å². The average molecular weight is 465 g/mol. The molecule has 182 valence electrons. The molecule has 4 aliphatic rings. The van der Waals surface area contributed by atoms with Gasteiger partial charge in [0.05, 0.1) is 31.8 Å². The maximum atomic E-state index is 12.8. The molecule has 4 heterocycles. The molecule has 4 aliphatic heterocycles. The third-order valence-electron chi connectivity index (χ3n) is 8.07. The maximum absolute atomic E-state index is 12.8. The Morgan fingerprint density at radius 2 is 1.88 bits per heavy atom. The molecule has 1 aromatic carbocycles. The van der Waals surface area contributed by atoms with Crippen molar-refractivity contribution in [2.75, 3.05) is 20.8 Å². The minimum atomic E-state index is -0.250. The second-order valence-corrected chi connectivity index (χ2v) is 10.00. The van der Waals surface area contributed by atoms with Crippen molar-refractivity contribution in [1.29, 1.82) is 0 Å². The van der Waals surface area contributed by atoms with E-state index in [9.17, 15) is 4.79 Å². The zero-order valence-electron chi connectivity index (χ0n) is 20.5. The van der Waals surface area contributed by atoms with Crippen molar-refractivity contribution in [3.05, 3.63) is 41.5 Å². The number of fused-ring (bicyclic) bond motifs is 3. The molecule has 0 amide bonds. The first-order valence-corrected chi connectivity index (χ1v) is 12.7. The number of esters is 1. The number of rotatable bonds is 8. The van der Waals surface area contributed by atoms with Crippen molar-refractivity contribution in [2.24, 2.45) is 21.9 Å². The molecule has 0 saturated carbocycles. The number of hydrogen-bond donors (Lipinski definition) is 0. The van der Waals surface area contributed by atoms with E-state index in [0.717, 1.165) is 47.9 Å². The second kappa shape index (κ2) is 9.90. The number of allylic oxidation sites excluding steroid dienone is 1. The quantitative estimate of drug-likeness (QED) is 0.544. The van der Waals surface area contributed by atoms with E-state index in [2.05, 4.69) is 24.1 Å². The summed E-state index contributed by atoms with van der Waals surface area (Å²) in [6, 6.07) is 9.53. The first-order valence-electron chi connectivity index (χ1n) is 12.7. The molecule has 0 spiro atoms. The van der Waals surface area contributed by atoms with Gasteiger partial charge in [0.1, 0.15) is 11.9 Å². The van der Waals surface area contributed by atoms with E-state index in [0.29, 0.717) is 18.7 Å². The highest BCUT2D eigenvalue weighted by atomic mass is 16.5. The molecule has 5 rings (SSSR count). The van der Waals surface area contributed by atoms with Crippen LogP contribution in [-0.2, 0) is 16.1 Å². The lowest BCUT2D eigenvalue weighted by Crippen LogP contribution is -2.40. The average Bonchev–Trinajstić information content (AvgIpc) is 3.28. The van der Waals surface area contributed by atoms with E-state index in [1.165, 1.54) is 25.7 Å². The smallest absolute Gasteiger partial charge is 0.334 e. The summed E-state index contributed by atoms with van der Waals surface area (Å²) in [6.07, 6.45) is 10.6. The van der Waals surface area contributed by atoms with E-state index in [-0.39, 0.29) is 18.1 Å². The normalized spacial score (nSPS) is 30.1. The molecular weight excluding hydrogens is 428 g/mol. The summed E-state index contributed by atoms with van der Waals surface area (Å²) in [5, 5.41) is 7.11. The lowest BCUT2D eigenvalue weighted by Gasteiger charge is -2.36. The number of dihydropyridines is 1. The van der Waals surface area contributed by atoms with Crippen LogP contribution >= 0.6 is 0 Å². The van der Waals surface area contributed by atoms with E-state index in [4.69, 9.17) is 19.6 Å². The van der Waals surface area contributed by atoms with Gasteiger partial charge in [0.15, 0.2) is 0 Å². The van der Waals surface area contributed by atoms with Crippen molar-refractivity contribution in [3.8, 4) is 5.75 Å². The first-order chi connectivity index (χ1) is 16.6. The van der Waals surface area contributed by atoms with Crippen molar-refractivity contribution in [3.63, 3.8) is 0 Å². The van der Waals surface area contributed by atoms with Crippen molar-refractivity contribution in [1.82, 2.24) is 9.91 Å². The molecule has 0 N–H and O–H groups in total. The van der Waals surface area contributed by atoms with Crippen LogP contribution < -0.4 is 4.74 Å². The van der Waals surface area contributed by atoms with Gasteiger partial charge in [0.25, 0.3) is 0 Å². The van der Waals surface area contributed by atoms with Gasteiger partial charge in [-0.1, -0.05) is 12.1 Å². The highest BCUT2D eigenvalue weighted by Gasteiger charge is 2.44. The summed E-state index contributed by atoms with van der Waals surface area (Å²) in [6.45, 7) is 2.85. The van der Waals surface area contributed by atoms with Gasteiger partial charge in [-0.15, -0.1) is 0 Å². The third kappa shape index (κ3) is 4.50. The Kier molecular flexibility index (Phi) is 6.73. The Balaban J connectivity index is 1.34. The maximum Gasteiger partial charge on any atom is 0.334 e. The number of carbonyl (C=O) groups is 1. The number of piperidine rings is 1. The molecule has 7 heteroatoms. The first kappa shape index (κ1) is 23.1. The zero-order valence-corrected chi connectivity index (χ0v) is 20.5. The van der Waals surface area contributed by atoms with Crippen LogP contribution in [0.1, 0.15) is 51.0 Å². The van der Waals surface area contributed by atoms with Gasteiger partial charge in [-0.3, -0.25) is 10.0 Å². The molecule has 1 aromatic rings. The van der Waals surface area contributed by atoms with Crippen LogP contribution in [0.4, 0.5) is 0 Å². The molecular formula is C27H36N4O3. The highest BCUT2D eigenvalue weighted by Crippen LogP contribution is 2.41. The number of hydrogen-bond acceptors (Lipinski definition) is 7. The summed E-state index contributed by atoms with van der Waals surface area (Å²) in [5.74, 6) is 1.18. The SMILES string of the molecule is CCOC(=O)C1=CC=NC2C1C(CCC1CC3CCC(C1)N3C)=NN2Cc1ccc(OC)cc1. The molecule has 2 fully saturated rings. The molecule has 0 aromatic heterocycles. The Morgan fingerprint density at radius 1 is 1.15 bits per heavy atom. The number of carbonyl (C=O) groups excluding carboxylic acids is 1. The molecule has 2 bridgehead atoms. The van der Waals surface area contributed by atoms with Gasteiger partial charge >= 0.3 is 5.97 Å². The van der Waals surface area contributed by atoms with Crippen molar-refractivity contribution < 1.29 is 14.3 Å². The van der Waals surface area contributed by atoms with Gasteiger partial charge < -0.3 is 14.4 Å². The topological polar surface area (TPSA) is 66.7 Å². The van der Waals surface area contributed by atoms with Gasteiger partial charge in [0.2, 0.25) is 0 Å². The Labute approximate surface area is 202 Å². The minimum Gasteiger partial charge on any atom is -0.497 e. The monoisotopic (exact) mass is 464 g/mol. The largest absolute Gasteiger partial charge is 0.497 e. The van der Waals surface area contributed by atoms with Crippen molar-refractivity contribution in [2.45, 2.75) is 70.2 Å². The molecule has 4 unspecified atom stereocenters. The summed E-state index contributed by atoms with van der Waals surface area (Å²) in [5.41, 5.74) is 2.89. The van der Waals surface area contributed by atoms with E-state index in [1.54, 1.807) is 13.3 Å². The summed E-state index contributed by atoms with van der Waals surface area (Å²) >= 11 is 0. The standard InChI is InChI=1S/C27H36N4O3/c1-4-34-27(32)23-13-14-28-26-25(23)24(12-7-19-15-20-8-9-21(16-19)30(20)2)29-31(26)17-18-5-10-22(33-3)11-6-18/h5-6,10-11,13-14,19-21,25-26H,4,7-9,12,15-17H2,1-3H3. The highest BCUT2D eigenvalue weighted by molar-refractivity contribution is 6.04. The fraction of sp³-hybridized carbons (Fsp3) is 0.593. The van der Waals surface area contributed by atoms with Crippen LogP contribution in [0.3, 0.4) is 0 Å². The zero-order chi connectivity index (χ0) is 23.7. The molecule has 2 saturated heterocycles. The molecule has 0 aliphatic carbocycles. The number of ether oxygens (including phenoxy) is 2. The predicted octanol–water partition coefficient (Wildman–Crippen LogP) is 4.04. The minimum absolute atomic E-state index is 0.134. The van der Waals surface area contributed by atoms with Gasteiger partial charge in [-0.25, -0.2) is 4.79 Å². The molecule has 34 heavy (non-hydrogen) atoms. The van der Waals surface area contributed by atoms with Crippen LogP contribution in [0.15, 0.2) is 46.0 Å². The number of nitrogens with zero attached hydrogens (tertiary/aromatic N) is 4. The van der Waals surface area contributed by atoms with Crippen LogP contribution in [0.25, 0.3) is 0 Å². The third-order valence-corrected chi connectivity index (χ3v) is 8.07. The van der Waals surface area contributed by atoms with Gasteiger partial charge in [0, 0.05) is 24.0 Å².